The van der Waals surface area contributed by atoms with Crippen molar-refractivity contribution in [2.45, 2.75) is 25.9 Å². The largest absolute Gasteiger partial charge is 0.394 e. The first-order valence-electron chi connectivity index (χ1n) is 10.1. The topological polar surface area (TPSA) is 141 Å². The lowest BCUT2D eigenvalue weighted by molar-refractivity contribution is 0.102. The van der Waals surface area contributed by atoms with Crippen LogP contribution in [-0.2, 0) is 17.7 Å². The number of hydrogen-bond acceptors (Lipinski definition) is 8. The van der Waals surface area contributed by atoms with E-state index < -0.39 is 6.04 Å². The Morgan fingerprint density at radius 3 is 2.97 bits per heavy atom. The van der Waals surface area contributed by atoms with Gasteiger partial charge >= 0.3 is 0 Å². The second kappa shape index (κ2) is 10.4. The average Bonchev–Trinajstić information content (AvgIpc) is 2.80. The molecule has 0 bridgehead atoms. The number of amidine groups is 1. The molecule has 0 saturated heterocycles. The minimum Gasteiger partial charge on any atom is -0.394 e. The zero-order valence-electron chi connectivity index (χ0n) is 17.8. The second-order valence-electron chi connectivity index (χ2n) is 7.51. The molecule has 5 N–H and O–H groups in total. The van der Waals surface area contributed by atoms with Gasteiger partial charge in [0.25, 0.3) is 5.91 Å². The van der Waals surface area contributed by atoms with Crippen molar-refractivity contribution in [2.24, 2.45) is 5.84 Å². The van der Waals surface area contributed by atoms with Gasteiger partial charge in [-0.05, 0) is 42.7 Å². The maximum Gasteiger partial charge on any atom is 0.275 e. The van der Waals surface area contributed by atoms with Crippen LogP contribution in [0.15, 0.2) is 30.5 Å². The minimum absolute atomic E-state index is 0.0549. The van der Waals surface area contributed by atoms with Gasteiger partial charge in [-0.15, -0.1) is 0 Å². The van der Waals surface area contributed by atoms with Gasteiger partial charge in [0.05, 0.1) is 19.3 Å². The van der Waals surface area contributed by atoms with E-state index in [-0.39, 0.29) is 24.0 Å². The van der Waals surface area contributed by atoms with Crippen molar-refractivity contribution >= 4 is 17.6 Å². The van der Waals surface area contributed by atoms with Crippen molar-refractivity contribution in [3.8, 4) is 0 Å². The van der Waals surface area contributed by atoms with Gasteiger partial charge in [0.1, 0.15) is 17.2 Å². The first-order valence-corrected chi connectivity index (χ1v) is 10.1. The van der Waals surface area contributed by atoms with E-state index in [0.717, 1.165) is 42.2 Å². The highest BCUT2D eigenvalue weighted by Crippen LogP contribution is 2.19. The number of hydrogen-bond donors (Lipinski definition) is 4. The van der Waals surface area contributed by atoms with Crippen LogP contribution in [0.5, 0.6) is 0 Å². The number of ether oxygens (including phenoxy) is 1. The number of carbonyl (C=O) groups excluding carboxylic acids is 1. The monoisotopic (exact) mass is 427 g/mol. The number of anilines is 1. The zero-order chi connectivity index (χ0) is 22.4. The molecule has 0 aliphatic carbocycles. The molecular weight excluding hydrogens is 398 g/mol. The number of rotatable bonds is 8. The Balaban J connectivity index is 1.70. The molecule has 0 aromatic carbocycles. The Kier molecular flexibility index (Phi) is 7.64. The van der Waals surface area contributed by atoms with Gasteiger partial charge in [-0.25, -0.2) is 10.8 Å². The molecule has 166 valence electrons. The minimum atomic E-state index is -0.435. The van der Waals surface area contributed by atoms with Crippen LogP contribution >= 0.6 is 0 Å². The molecule has 0 saturated carbocycles. The zero-order valence-corrected chi connectivity index (χ0v) is 17.8. The number of methoxy groups -OCH3 is 1. The SMILES string of the molecule is COCCN1CCc2cnc(C(=O)Nc3cccc(C(=N)N(N)C(C)CO)n3)cc2C1. The molecule has 0 fully saturated rings. The highest BCUT2D eigenvalue weighted by Gasteiger charge is 2.20. The molecule has 0 spiro atoms. The quantitative estimate of drug-likeness (QED) is 0.208. The van der Waals surface area contributed by atoms with E-state index in [1.165, 1.54) is 0 Å². The summed E-state index contributed by atoms with van der Waals surface area (Å²) in [6.07, 6.45) is 2.65. The lowest BCUT2D eigenvalue weighted by atomic mass is 10.0. The van der Waals surface area contributed by atoms with Crippen LogP contribution in [0, 0.1) is 5.41 Å². The summed E-state index contributed by atoms with van der Waals surface area (Å²) in [5.74, 6) is 5.71. The molecular formula is C21H29N7O3. The lowest BCUT2D eigenvalue weighted by Crippen LogP contribution is -2.46. The fourth-order valence-corrected chi connectivity index (χ4v) is 3.29. The maximum atomic E-state index is 12.8. The van der Waals surface area contributed by atoms with Crippen molar-refractivity contribution in [3.05, 3.63) is 53.0 Å². The highest BCUT2D eigenvalue weighted by molar-refractivity contribution is 6.03. The normalized spacial score (nSPS) is 14.6. The smallest absolute Gasteiger partial charge is 0.275 e. The molecule has 1 atom stereocenters. The molecule has 2 aromatic heterocycles. The number of nitrogens with one attached hydrogen (secondary N) is 2. The molecule has 3 rings (SSSR count). The summed E-state index contributed by atoms with van der Waals surface area (Å²) < 4.78 is 5.16. The van der Waals surface area contributed by atoms with Crippen LogP contribution in [-0.4, -0.2) is 76.2 Å². The van der Waals surface area contributed by atoms with Crippen LogP contribution in [0.25, 0.3) is 0 Å². The van der Waals surface area contributed by atoms with E-state index in [4.69, 9.17) is 16.0 Å². The summed E-state index contributed by atoms with van der Waals surface area (Å²) in [4.78, 5) is 23.7. The molecule has 1 amide bonds. The number of nitrogens with two attached hydrogens (primary N) is 1. The summed E-state index contributed by atoms with van der Waals surface area (Å²) in [6.45, 7) is 4.71. The van der Waals surface area contributed by atoms with E-state index in [2.05, 4.69) is 20.2 Å². The number of hydrazine groups is 1. The Bertz CT molecular complexity index is 937. The number of pyridine rings is 2. The van der Waals surface area contributed by atoms with Gasteiger partial charge < -0.3 is 15.2 Å². The number of carbonyl (C=O) groups is 1. The predicted molar refractivity (Wildman–Crippen MR) is 117 cm³/mol. The van der Waals surface area contributed by atoms with Crippen LogP contribution in [0.3, 0.4) is 0 Å². The van der Waals surface area contributed by atoms with Crippen LogP contribution < -0.4 is 11.2 Å². The molecule has 1 unspecified atom stereocenters. The van der Waals surface area contributed by atoms with Gasteiger partial charge in [-0.3, -0.25) is 25.1 Å². The van der Waals surface area contributed by atoms with E-state index in [1.807, 2.05) is 6.07 Å². The summed E-state index contributed by atoms with van der Waals surface area (Å²) >= 11 is 0. The third-order valence-electron chi connectivity index (χ3n) is 5.25. The Morgan fingerprint density at radius 2 is 2.23 bits per heavy atom. The summed E-state index contributed by atoms with van der Waals surface area (Å²) in [7, 11) is 1.69. The van der Waals surface area contributed by atoms with E-state index >= 15 is 0 Å². The summed E-state index contributed by atoms with van der Waals surface area (Å²) in [5.41, 5.74) is 2.83. The van der Waals surface area contributed by atoms with Crippen molar-refractivity contribution < 1.29 is 14.6 Å². The summed E-state index contributed by atoms with van der Waals surface area (Å²) in [6, 6.07) is 6.32. The number of fused-ring (bicyclic) bond motifs is 1. The van der Waals surface area contributed by atoms with Gasteiger partial charge in [0, 0.05) is 32.9 Å². The van der Waals surface area contributed by atoms with Crippen molar-refractivity contribution in [3.63, 3.8) is 0 Å². The predicted octanol–water partition coefficient (Wildman–Crippen LogP) is 0.615. The fraction of sp³-hybridized carbons (Fsp3) is 0.429. The summed E-state index contributed by atoms with van der Waals surface area (Å²) in [5, 5.41) is 21.3. The van der Waals surface area contributed by atoms with E-state index in [0.29, 0.717) is 18.1 Å². The van der Waals surface area contributed by atoms with Gasteiger partial charge in [0.15, 0.2) is 5.84 Å². The fourth-order valence-electron chi connectivity index (χ4n) is 3.29. The molecule has 3 heterocycles. The number of aromatic nitrogens is 2. The molecule has 31 heavy (non-hydrogen) atoms. The maximum absolute atomic E-state index is 12.8. The third kappa shape index (κ3) is 5.61. The standard InChI is InChI=1S/C21H29N7O3/c1-14(13-29)28(23)20(22)17-4-3-5-19(25-17)26-21(30)18-10-16-12-27(8-9-31-2)7-6-15(16)11-24-18/h3-5,10-11,14,22,29H,6-9,12-13,23H2,1-2H3,(H,25,26,30). The van der Waals surface area contributed by atoms with E-state index in [1.54, 1.807) is 38.4 Å². The van der Waals surface area contributed by atoms with Crippen molar-refractivity contribution in [1.82, 2.24) is 19.9 Å². The highest BCUT2D eigenvalue weighted by atomic mass is 16.5. The van der Waals surface area contributed by atoms with Gasteiger partial charge in [-0.1, -0.05) is 6.07 Å². The van der Waals surface area contributed by atoms with Crippen molar-refractivity contribution in [1.29, 1.82) is 5.41 Å². The molecule has 10 nitrogen and oxygen atoms in total. The molecule has 10 heteroatoms. The molecule has 1 aliphatic rings. The van der Waals surface area contributed by atoms with Crippen LogP contribution in [0.4, 0.5) is 5.82 Å². The van der Waals surface area contributed by atoms with Crippen LogP contribution in [0.1, 0.15) is 34.2 Å². The van der Waals surface area contributed by atoms with E-state index in [9.17, 15) is 9.90 Å². The van der Waals surface area contributed by atoms with Crippen LogP contribution in [0.2, 0.25) is 0 Å². The Morgan fingerprint density at radius 1 is 1.42 bits per heavy atom. The van der Waals surface area contributed by atoms with Crippen molar-refractivity contribution in [2.75, 3.05) is 38.7 Å². The average molecular weight is 428 g/mol. The Hall–Kier alpha value is -2.92. The number of aliphatic hydroxyl groups excluding tert-OH is 1. The first-order chi connectivity index (χ1) is 14.9. The van der Waals surface area contributed by atoms with Gasteiger partial charge in [0.2, 0.25) is 0 Å². The molecule has 0 radical (unpaired) electrons. The number of aliphatic hydroxyl groups is 1. The second-order valence-corrected chi connectivity index (χ2v) is 7.51. The number of amides is 1. The van der Waals surface area contributed by atoms with Gasteiger partial charge in [-0.2, -0.15) is 0 Å². The lowest BCUT2D eigenvalue weighted by Gasteiger charge is -2.28. The number of nitrogens with zero attached hydrogens (tertiary/aromatic N) is 4. The molecule has 2 aromatic rings. The third-order valence-corrected chi connectivity index (χ3v) is 5.25. The molecule has 1 aliphatic heterocycles. The Labute approximate surface area is 181 Å². The first kappa shape index (κ1) is 22.8.